The Morgan fingerprint density at radius 2 is 1.60 bits per heavy atom. The number of likely N-dealkylation sites (tertiary alicyclic amines) is 1. The minimum atomic E-state index is -4.40. The predicted molar refractivity (Wildman–Crippen MR) is 158 cm³/mol. The fourth-order valence-corrected chi connectivity index (χ4v) is 6.09. The molecule has 2 amide bonds. The van der Waals surface area contributed by atoms with Crippen LogP contribution in [-0.2, 0) is 12.7 Å². The van der Waals surface area contributed by atoms with Crippen LogP contribution in [0.25, 0.3) is 0 Å². The van der Waals surface area contributed by atoms with Gasteiger partial charge in [0.25, 0.3) is 11.8 Å². The molecule has 0 atom stereocenters. The molecular formula is C31H30BrF3N6O2. The van der Waals surface area contributed by atoms with Crippen LogP contribution < -0.4 is 10.2 Å². The number of halogens is 4. The van der Waals surface area contributed by atoms with Gasteiger partial charge in [0.15, 0.2) is 0 Å². The van der Waals surface area contributed by atoms with Crippen molar-refractivity contribution in [3.8, 4) is 6.07 Å². The van der Waals surface area contributed by atoms with Gasteiger partial charge >= 0.3 is 6.18 Å². The van der Waals surface area contributed by atoms with Crippen LogP contribution in [0, 0.1) is 11.3 Å². The number of nitrogens with zero attached hydrogens (tertiary/aromatic N) is 5. The molecule has 2 aromatic carbocycles. The summed E-state index contributed by atoms with van der Waals surface area (Å²) in [7, 11) is 0. The maximum Gasteiger partial charge on any atom is 0.416 e. The zero-order valence-electron chi connectivity index (χ0n) is 23.3. The Morgan fingerprint density at radius 3 is 2.19 bits per heavy atom. The van der Waals surface area contributed by atoms with E-state index >= 15 is 0 Å². The first-order valence-electron chi connectivity index (χ1n) is 14.0. The molecule has 2 saturated heterocycles. The molecule has 2 fully saturated rings. The second-order valence-electron chi connectivity index (χ2n) is 10.6. The molecule has 0 radical (unpaired) electrons. The van der Waals surface area contributed by atoms with Crippen LogP contribution in [0.15, 0.2) is 65.3 Å². The van der Waals surface area contributed by atoms with Crippen molar-refractivity contribution in [2.24, 2.45) is 0 Å². The number of benzene rings is 2. The number of piperazine rings is 1. The number of hydrogen-bond acceptors (Lipinski definition) is 6. The van der Waals surface area contributed by atoms with Gasteiger partial charge in [-0.05, 0) is 76.8 Å². The number of piperidine rings is 1. The molecule has 1 N–H and O–H groups in total. The average Bonchev–Trinajstić information content (AvgIpc) is 3.03. The highest BCUT2D eigenvalue weighted by Gasteiger charge is 2.31. The molecule has 2 aliphatic heterocycles. The number of carbonyl (C=O) groups excluding carboxylic acids is 2. The fraction of sp³-hybridized carbons (Fsp3) is 0.355. The summed E-state index contributed by atoms with van der Waals surface area (Å²) in [6, 6.07) is 15.6. The van der Waals surface area contributed by atoms with Gasteiger partial charge in [-0.2, -0.15) is 18.4 Å². The smallest absolute Gasteiger partial charge is 0.353 e. The third-order valence-corrected chi connectivity index (χ3v) is 8.54. The molecule has 3 heterocycles. The van der Waals surface area contributed by atoms with Crippen molar-refractivity contribution in [2.75, 3.05) is 44.2 Å². The summed E-state index contributed by atoms with van der Waals surface area (Å²) >= 11 is 3.55. The number of pyridine rings is 1. The normalized spacial score (nSPS) is 16.5. The van der Waals surface area contributed by atoms with Crippen molar-refractivity contribution >= 4 is 33.6 Å². The quantitative estimate of drug-likeness (QED) is 0.398. The van der Waals surface area contributed by atoms with Crippen LogP contribution in [0.1, 0.15) is 50.2 Å². The van der Waals surface area contributed by atoms with Crippen LogP contribution in [-0.4, -0.2) is 71.9 Å². The molecule has 0 saturated carbocycles. The van der Waals surface area contributed by atoms with E-state index in [1.54, 1.807) is 30.3 Å². The van der Waals surface area contributed by atoms with Gasteiger partial charge in [0.05, 0.1) is 27.2 Å². The standard InChI is InChI=1S/C31H30BrF3N6O2/c32-27-17-24(29(42)38-19-22-3-7-25(8-4-22)31(33,34)35)20-37-28(27)40-15-13-39(14-16-40)26-9-11-41(12-10-26)30(43)23-5-1-21(18-36)2-6-23/h1-8,17,20,26H,9-16,19H2,(H,38,42). The van der Waals surface area contributed by atoms with Crippen LogP contribution in [0.2, 0.25) is 0 Å². The number of nitriles is 1. The average molecular weight is 656 g/mol. The molecule has 1 aromatic heterocycles. The van der Waals surface area contributed by atoms with Crippen LogP contribution in [0.3, 0.4) is 0 Å². The third kappa shape index (κ3) is 7.35. The molecule has 0 unspecified atom stereocenters. The summed E-state index contributed by atoms with van der Waals surface area (Å²) in [5.74, 6) is 0.385. The number of hydrogen-bond donors (Lipinski definition) is 1. The van der Waals surface area contributed by atoms with Gasteiger partial charge in [0, 0.05) is 63.6 Å². The lowest BCUT2D eigenvalue weighted by Crippen LogP contribution is -2.54. The summed E-state index contributed by atoms with van der Waals surface area (Å²) in [5, 5.41) is 11.7. The molecule has 5 rings (SSSR count). The topological polar surface area (TPSA) is 92.6 Å². The number of anilines is 1. The molecule has 0 aliphatic carbocycles. The van der Waals surface area contributed by atoms with Gasteiger partial charge in [-0.1, -0.05) is 12.1 Å². The summed E-state index contributed by atoms with van der Waals surface area (Å²) in [4.78, 5) is 36.6. The summed E-state index contributed by atoms with van der Waals surface area (Å²) in [5.41, 5.74) is 1.32. The first kappa shape index (κ1) is 30.5. The minimum absolute atomic E-state index is 0.000372. The maximum absolute atomic E-state index is 12.9. The van der Waals surface area contributed by atoms with E-state index < -0.39 is 11.7 Å². The van der Waals surface area contributed by atoms with Gasteiger partial charge < -0.3 is 15.1 Å². The lowest BCUT2D eigenvalue weighted by molar-refractivity contribution is -0.137. The first-order valence-corrected chi connectivity index (χ1v) is 14.8. The fourth-order valence-electron chi connectivity index (χ4n) is 5.49. The van der Waals surface area contributed by atoms with Crippen molar-refractivity contribution in [3.63, 3.8) is 0 Å². The molecule has 2 aliphatic rings. The van der Waals surface area contributed by atoms with Crippen LogP contribution in [0.4, 0.5) is 19.0 Å². The highest BCUT2D eigenvalue weighted by molar-refractivity contribution is 9.10. The van der Waals surface area contributed by atoms with Crippen LogP contribution in [0.5, 0.6) is 0 Å². The van der Waals surface area contributed by atoms with E-state index in [0.717, 1.165) is 57.0 Å². The summed E-state index contributed by atoms with van der Waals surface area (Å²) in [6.07, 6.45) is -1.09. The lowest BCUT2D eigenvalue weighted by atomic mass is 10.0. The summed E-state index contributed by atoms with van der Waals surface area (Å²) in [6.45, 7) is 4.75. The second-order valence-corrected chi connectivity index (χ2v) is 11.5. The van der Waals surface area contributed by atoms with Gasteiger partial charge in [-0.15, -0.1) is 0 Å². The van der Waals surface area contributed by atoms with E-state index in [1.807, 2.05) is 4.90 Å². The van der Waals surface area contributed by atoms with Gasteiger partial charge in [-0.3, -0.25) is 14.5 Å². The lowest BCUT2D eigenvalue weighted by Gasteiger charge is -2.43. The molecule has 3 aromatic rings. The second kappa shape index (κ2) is 13.1. The van der Waals surface area contributed by atoms with Crippen molar-refractivity contribution in [1.82, 2.24) is 20.1 Å². The van der Waals surface area contributed by atoms with Crippen molar-refractivity contribution < 1.29 is 22.8 Å². The van der Waals surface area contributed by atoms with Gasteiger partial charge in [-0.25, -0.2) is 4.98 Å². The van der Waals surface area contributed by atoms with E-state index in [4.69, 9.17) is 5.26 Å². The van der Waals surface area contributed by atoms with E-state index in [-0.39, 0.29) is 18.4 Å². The van der Waals surface area contributed by atoms with Crippen molar-refractivity contribution in [2.45, 2.75) is 31.6 Å². The Hall–Kier alpha value is -3.95. The Labute approximate surface area is 256 Å². The zero-order valence-corrected chi connectivity index (χ0v) is 24.9. The SMILES string of the molecule is N#Cc1ccc(C(=O)N2CCC(N3CCN(c4ncc(C(=O)NCc5ccc(C(F)(F)F)cc5)cc4Br)CC3)CC2)cc1. The Kier molecular flexibility index (Phi) is 9.32. The third-order valence-electron chi connectivity index (χ3n) is 7.96. The number of amides is 2. The maximum atomic E-state index is 12.9. The van der Waals surface area contributed by atoms with E-state index in [9.17, 15) is 22.8 Å². The van der Waals surface area contributed by atoms with E-state index in [0.29, 0.717) is 45.9 Å². The minimum Gasteiger partial charge on any atom is -0.353 e. The molecular weight excluding hydrogens is 625 g/mol. The number of carbonyl (C=O) groups is 2. The monoisotopic (exact) mass is 654 g/mol. The summed E-state index contributed by atoms with van der Waals surface area (Å²) < 4.78 is 39.0. The molecule has 8 nitrogen and oxygen atoms in total. The first-order chi connectivity index (χ1) is 20.6. The molecule has 0 bridgehead atoms. The molecule has 43 heavy (non-hydrogen) atoms. The van der Waals surface area contributed by atoms with Crippen molar-refractivity contribution in [3.05, 3.63) is 93.1 Å². The van der Waals surface area contributed by atoms with Gasteiger partial charge in [0.2, 0.25) is 0 Å². The highest BCUT2D eigenvalue weighted by Crippen LogP contribution is 2.30. The van der Waals surface area contributed by atoms with Gasteiger partial charge in [0.1, 0.15) is 5.82 Å². The highest BCUT2D eigenvalue weighted by atomic mass is 79.9. The number of rotatable bonds is 6. The molecule has 0 spiro atoms. The Bertz CT molecular complexity index is 1490. The Balaban J connectivity index is 1.09. The largest absolute Gasteiger partial charge is 0.416 e. The van der Waals surface area contributed by atoms with Crippen molar-refractivity contribution in [1.29, 1.82) is 5.26 Å². The Morgan fingerprint density at radius 1 is 0.953 bits per heavy atom. The van der Waals surface area contributed by atoms with E-state index in [2.05, 4.69) is 42.1 Å². The predicted octanol–water partition coefficient (Wildman–Crippen LogP) is 5.09. The number of nitrogens with one attached hydrogen (secondary N) is 1. The van der Waals surface area contributed by atoms with E-state index in [1.165, 1.54) is 18.3 Å². The van der Waals surface area contributed by atoms with Crippen LogP contribution >= 0.6 is 15.9 Å². The molecule has 12 heteroatoms. The number of aromatic nitrogens is 1. The molecule has 224 valence electrons. The zero-order chi connectivity index (χ0) is 30.6. The number of alkyl halides is 3.